The zero-order chi connectivity index (χ0) is 18.6. The minimum absolute atomic E-state index is 0.0667. The summed E-state index contributed by atoms with van der Waals surface area (Å²) in [6, 6.07) is 28.6. The molecular weight excluding hydrogens is 334 g/mol. The number of carbonyl (C=O) groups excluding carboxylic acids is 1. The molecule has 0 unspecified atom stereocenters. The SMILES string of the molecule is CCOC(=O)c1[nH]c2ccccc2c1C(c1ccccc1)c1ccccc1. The Balaban J connectivity index is 2.01. The van der Waals surface area contributed by atoms with Crippen molar-refractivity contribution in [1.29, 1.82) is 0 Å². The summed E-state index contributed by atoms with van der Waals surface area (Å²) in [5, 5.41) is 1.04. The maximum absolute atomic E-state index is 12.7. The fourth-order valence-corrected chi connectivity index (χ4v) is 3.64. The number of para-hydroxylation sites is 1. The summed E-state index contributed by atoms with van der Waals surface area (Å²) >= 11 is 0. The molecule has 4 rings (SSSR count). The molecule has 0 spiro atoms. The first-order valence-corrected chi connectivity index (χ1v) is 9.17. The molecule has 0 atom stereocenters. The summed E-state index contributed by atoms with van der Waals surface area (Å²) in [4.78, 5) is 16.0. The van der Waals surface area contributed by atoms with Gasteiger partial charge in [-0.1, -0.05) is 78.9 Å². The molecular formula is C24H21NO2. The van der Waals surface area contributed by atoms with Gasteiger partial charge in [-0.2, -0.15) is 0 Å². The van der Waals surface area contributed by atoms with E-state index < -0.39 is 0 Å². The number of nitrogens with one attached hydrogen (secondary N) is 1. The van der Waals surface area contributed by atoms with E-state index in [1.165, 1.54) is 0 Å². The average Bonchev–Trinajstić information content (AvgIpc) is 3.10. The highest BCUT2D eigenvalue weighted by Gasteiger charge is 2.27. The molecule has 0 aliphatic rings. The van der Waals surface area contributed by atoms with Gasteiger partial charge in [-0.05, 0) is 24.1 Å². The molecule has 1 N–H and O–H groups in total. The molecule has 0 fully saturated rings. The molecule has 3 nitrogen and oxygen atoms in total. The third kappa shape index (κ3) is 3.24. The second kappa shape index (κ2) is 7.50. The van der Waals surface area contributed by atoms with Crippen LogP contribution in [0.25, 0.3) is 10.9 Å². The number of esters is 1. The van der Waals surface area contributed by atoms with Gasteiger partial charge in [0.05, 0.1) is 6.61 Å². The van der Waals surface area contributed by atoms with E-state index in [0.717, 1.165) is 27.6 Å². The first-order valence-electron chi connectivity index (χ1n) is 9.17. The first kappa shape index (κ1) is 17.1. The number of hydrogen-bond donors (Lipinski definition) is 1. The Labute approximate surface area is 158 Å². The van der Waals surface area contributed by atoms with Crippen LogP contribution < -0.4 is 0 Å². The van der Waals surface area contributed by atoms with E-state index in [1.807, 2.05) is 61.5 Å². The van der Waals surface area contributed by atoms with Crippen molar-refractivity contribution in [1.82, 2.24) is 4.98 Å². The summed E-state index contributed by atoms with van der Waals surface area (Å²) in [6.07, 6.45) is 0. The van der Waals surface area contributed by atoms with E-state index >= 15 is 0 Å². The van der Waals surface area contributed by atoms with Crippen LogP contribution >= 0.6 is 0 Å². The van der Waals surface area contributed by atoms with Crippen LogP contribution in [0, 0.1) is 0 Å². The summed E-state index contributed by atoms with van der Waals surface area (Å²) in [5.41, 5.74) is 4.70. The maximum Gasteiger partial charge on any atom is 0.355 e. The largest absolute Gasteiger partial charge is 0.461 e. The van der Waals surface area contributed by atoms with Crippen molar-refractivity contribution in [2.75, 3.05) is 6.61 Å². The topological polar surface area (TPSA) is 42.1 Å². The second-order valence-electron chi connectivity index (χ2n) is 6.43. The Hall–Kier alpha value is -3.33. The number of aromatic amines is 1. The van der Waals surface area contributed by atoms with Gasteiger partial charge >= 0.3 is 5.97 Å². The summed E-state index contributed by atoms with van der Waals surface area (Å²) in [6.45, 7) is 2.17. The van der Waals surface area contributed by atoms with E-state index in [4.69, 9.17) is 4.74 Å². The zero-order valence-corrected chi connectivity index (χ0v) is 15.2. The lowest BCUT2D eigenvalue weighted by molar-refractivity contribution is 0.0519. The highest BCUT2D eigenvalue weighted by atomic mass is 16.5. The lowest BCUT2D eigenvalue weighted by Crippen LogP contribution is -2.12. The number of fused-ring (bicyclic) bond motifs is 1. The van der Waals surface area contributed by atoms with Crippen LogP contribution in [0.4, 0.5) is 0 Å². The number of ether oxygens (including phenoxy) is 1. The van der Waals surface area contributed by atoms with E-state index in [1.54, 1.807) is 0 Å². The van der Waals surface area contributed by atoms with E-state index in [0.29, 0.717) is 12.3 Å². The lowest BCUT2D eigenvalue weighted by Gasteiger charge is -2.19. The Kier molecular flexibility index (Phi) is 4.75. The van der Waals surface area contributed by atoms with Crippen LogP contribution in [-0.4, -0.2) is 17.6 Å². The van der Waals surface area contributed by atoms with Gasteiger partial charge in [0.2, 0.25) is 0 Å². The standard InChI is InChI=1S/C24H21NO2/c1-2-27-24(26)23-22(19-15-9-10-16-20(19)25-23)21(17-11-5-3-6-12-17)18-13-7-4-8-14-18/h3-16,21,25H,2H2,1H3. The number of rotatable bonds is 5. The van der Waals surface area contributed by atoms with Gasteiger partial charge in [0.1, 0.15) is 5.69 Å². The molecule has 0 aliphatic heterocycles. The Morgan fingerprint density at radius 2 is 1.41 bits per heavy atom. The van der Waals surface area contributed by atoms with Gasteiger partial charge in [0.25, 0.3) is 0 Å². The molecule has 1 heterocycles. The number of aromatic nitrogens is 1. The minimum atomic E-state index is -0.319. The lowest BCUT2D eigenvalue weighted by atomic mass is 9.83. The van der Waals surface area contributed by atoms with Crippen molar-refractivity contribution in [2.45, 2.75) is 12.8 Å². The molecule has 27 heavy (non-hydrogen) atoms. The quantitative estimate of drug-likeness (QED) is 0.479. The maximum atomic E-state index is 12.7. The fourth-order valence-electron chi connectivity index (χ4n) is 3.64. The van der Waals surface area contributed by atoms with Gasteiger partial charge in [0, 0.05) is 22.4 Å². The average molecular weight is 355 g/mol. The Morgan fingerprint density at radius 3 is 2.00 bits per heavy atom. The molecule has 3 heteroatoms. The van der Waals surface area contributed by atoms with Gasteiger partial charge in [0.15, 0.2) is 0 Å². The zero-order valence-electron chi connectivity index (χ0n) is 15.2. The molecule has 0 saturated carbocycles. The molecule has 0 aliphatic carbocycles. The molecule has 1 aromatic heterocycles. The van der Waals surface area contributed by atoms with Crippen molar-refractivity contribution >= 4 is 16.9 Å². The van der Waals surface area contributed by atoms with Gasteiger partial charge in [-0.15, -0.1) is 0 Å². The number of H-pyrrole nitrogens is 1. The monoisotopic (exact) mass is 355 g/mol. The first-order chi connectivity index (χ1) is 13.3. The van der Waals surface area contributed by atoms with Crippen molar-refractivity contribution in [3.63, 3.8) is 0 Å². The summed E-state index contributed by atoms with van der Waals surface area (Å²) in [5.74, 6) is -0.386. The molecule has 0 bridgehead atoms. The highest BCUT2D eigenvalue weighted by Crippen LogP contribution is 2.38. The molecule has 3 aromatic carbocycles. The number of benzene rings is 3. The van der Waals surface area contributed by atoms with Crippen molar-refractivity contribution in [2.24, 2.45) is 0 Å². The second-order valence-corrected chi connectivity index (χ2v) is 6.43. The van der Waals surface area contributed by atoms with Crippen molar-refractivity contribution in [3.8, 4) is 0 Å². The van der Waals surface area contributed by atoms with Crippen LogP contribution in [0.5, 0.6) is 0 Å². The highest BCUT2D eigenvalue weighted by molar-refractivity contribution is 5.99. The normalized spacial score (nSPS) is 11.0. The van der Waals surface area contributed by atoms with Gasteiger partial charge in [-0.3, -0.25) is 0 Å². The van der Waals surface area contributed by atoms with Gasteiger partial charge in [-0.25, -0.2) is 4.79 Å². The van der Waals surface area contributed by atoms with Crippen molar-refractivity contribution in [3.05, 3.63) is 107 Å². The third-order valence-corrected chi connectivity index (χ3v) is 4.78. The number of carbonyl (C=O) groups is 1. The summed E-state index contributed by atoms with van der Waals surface area (Å²) in [7, 11) is 0. The number of hydrogen-bond acceptors (Lipinski definition) is 2. The smallest absolute Gasteiger partial charge is 0.355 e. The fraction of sp³-hybridized carbons (Fsp3) is 0.125. The van der Waals surface area contributed by atoms with E-state index in [9.17, 15) is 4.79 Å². The predicted octanol–water partition coefficient (Wildman–Crippen LogP) is 5.52. The van der Waals surface area contributed by atoms with Crippen LogP contribution in [-0.2, 0) is 4.74 Å². The molecule has 0 radical (unpaired) electrons. The van der Waals surface area contributed by atoms with Crippen LogP contribution in [0.3, 0.4) is 0 Å². The molecule has 4 aromatic rings. The van der Waals surface area contributed by atoms with E-state index in [2.05, 4.69) is 35.3 Å². The molecule has 134 valence electrons. The minimum Gasteiger partial charge on any atom is -0.461 e. The van der Waals surface area contributed by atoms with E-state index in [-0.39, 0.29) is 11.9 Å². The van der Waals surface area contributed by atoms with Gasteiger partial charge < -0.3 is 9.72 Å². The third-order valence-electron chi connectivity index (χ3n) is 4.78. The molecule has 0 amide bonds. The Bertz CT molecular complexity index is 1010. The van der Waals surface area contributed by atoms with Crippen LogP contribution in [0.1, 0.15) is 40.0 Å². The van der Waals surface area contributed by atoms with Crippen molar-refractivity contribution < 1.29 is 9.53 Å². The van der Waals surface area contributed by atoms with Crippen LogP contribution in [0.2, 0.25) is 0 Å². The predicted molar refractivity (Wildman–Crippen MR) is 108 cm³/mol. The molecule has 0 saturated heterocycles. The Morgan fingerprint density at radius 1 is 0.852 bits per heavy atom. The summed E-state index contributed by atoms with van der Waals surface area (Å²) < 4.78 is 5.35. The van der Waals surface area contributed by atoms with Crippen LogP contribution in [0.15, 0.2) is 84.9 Å².